The number of amidine groups is 1. The number of nitrogens with two attached hydrogens (primary N) is 1. The van der Waals surface area contributed by atoms with E-state index in [0.29, 0.717) is 16.9 Å². The van der Waals surface area contributed by atoms with Crippen LogP contribution in [0.15, 0.2) is 18.3 Å². The molecule has 0 atom stereocenters. The van der Waals surface area contributed by atoms with Crippen molar-refractivity contribution in [3.8, 4) is 0 Å². The van der Waals surface area contributed by atoms with Gasteiger partial charge in [0.25, 0.3) is 0 Å². The van der Waals surface area contributed by atoms with Crippen LogP contribution in [0, 0.1) is 5.41 Å². The summed E-state index contributed by atoms with van der Waals surface area (Å²) in [6, 6.07) is 3.42. The van der Waals surface area contributed by atoms with Crippen molar-refractivity contribution in [1.82, 2.24) is 15.0 Å². The van der Waals surface area contributed by atoms with E-state index in [0.717, 1.165) is 5.82 Å². The lowest BCUT2D eigenvalue weighted by Crippen LogP contribution is -2.14. The summed E-state index contributed by atoms with van der Waals surface area (Å²) in [6.07, 6.45) is 1.68. The van der Waals surface area contributed by atoms with Gasteiger partial charge in [0.05, 0.1) is 6.20 Å². The molecule has 82 valence electrons. The number of rotatable bonds is 2. The Labute approximate surface area is 92.7 Å². The second-order valence-electron chi connectivity index (χ2n) is 3.58. The minimum atomic E-state index is -0.0704. The van der Waals surface area contributed by atoms with Gasteiger partial charge >= 0.3 is 0 Å². The molecule has 0 unspecified atom stereocenters. The Bertz CT molecular complexity index is 548. The van der Waals surface area contributed by atoms with E-state index in [9.17, 15) is 0 Å². The van der Waals surface area contributed by atoms with Gasteiger partial charge in [-0.3, -0.25) is 5.41 Å². The van der Waals surface area contributed by atoms with Crippen LogP contribution < -0.4 is 10.6 Å². The fraction of sp³-hybridized carbons (Fsp3) is 0.200. The predicted molar refractivity (Wildman–Crippen MR) is 62.7 cm³/mol. The number of nitrogens with one attached hydrogen (secondary N) is 1. The molecule has 0 fully saturated rings. The zero-order valence-electron chi connectivity index (χ0n) is 9.10. The Hall–Kier alpha value is -2.24. The van der Waals surface area contributed by atoms with Gasteiger partial charge in [0, 0.05) is 14.1 Å². The monoisotopic (exact) mass is 216 g/mol. The molecule has 0 aliphatic heterocycles. The number of nitrogen functional groups attached to an aromatic ring is 1. The molecule has 0 aromatic carbocycles. The van der Waals surface area contributed by atoms with Gasteiger partial charge in [0.1, 0.15) is 22.9 Å². The lowest BCUT2D eigenvalue weighted by molar-refractivity contribution is 1.05. The first kappa shape index (κ1) is 10.3. The molecule has 0 saturated carbocycles. The van der Waals surface area contributed by atoms with E-state index < -0.39 is 0 Å². The molecule has 0 radical (unpaired) electrons. The van der Waals surface area contributed by atoms with Crippen LogP contribution in [-0.4, -0.2) is 34.9 Å². The number of fused-ring (bicyclic) bond motifs is 1. The first-order valence-corrected chi connectivity index (χ1v) is 4.73. The second-order valence-corrected chi connectivity index (χ2v) is 3.58. The van der Waals surface area contributed by atoms with Crippen LogP contribution in [0.3, 0.4) is 0 Å². The van der Waals surface area contributed by atoms with Gasteiger partial charge in [-0.15, -0.1) is 0 Å². The van der Waals surface area contributed by atoms with Crippen LogP contribution in [0.2, 0.25) is 0 Å². The third-order valence-electron chi connectivity index (χ3n) is 2.13. The van der Waals surface area contributed by atoms with Gasteiger partial charge in [-0.2, -0.15) is 0 Å². The maximum atomic E-state index is 7.31. The van der Waals surface area contributed by atoms with Crippen molar-refractivity contribution in [2.75, 3.05) is 19.0 Å². The average molecular weight is 216 g/mol. The minimum Gasteiger partial charge on any atom is -0.382 e. The Balaban J connectivity index is 2.61. The van der Waals surface area contributed by atoms with Gasteiger partial charge < -0.3 is 10.6 Å². The van der Waals surface area contributed by atoms with E-state index in [-0.39, 0.29) is 5.84 Å². The fourth-order valence-corrected chi connectivity index (χ4v) is 1.25. The van der Waals surface area contributed by atoms with Gasteiger partial charge in [-0.25, -0.2) is 15.0 Å². The molecule has 6 nitrogen and oxygen atoms in total. The van der Waals surface area contributed by atoms with Crippen LogP contribution in [0.1, 0.15) is 5.69 Å². The lowest BCUT2D eigenvalue weighted by atomic mass is 10.3. The fourth-order valence-electron chi connectivity index (χ4n) is 1.25. The van der Waals surface area contributed by atoms with Crippen LogP contribution in [0.4, 0.5) is 5.82 Å². The third kappa shape index (κ3) is 1.77. The second kappa shape index (κ2) is 3.73. The Morgan fingerprint density at radius 3 is 2.69 bits per heavy atom. The molecule has 3 N–H and O–H groups in total. The Kier molecular flexibility index (Phi) is 2.40. The SMILES string of the molecule is CN(C)c1cnc2ccc(C(=N)N)nc2n1. The third-order valence-corrected chi connectivity index (χ3v) is 2.13. The van der Waals surface area contributed by atoms with Crippen LogP contribution in [0.5, 0.6) is 0 Å². The van der Waals surface area contributed by atoms with Gasteiger partial charge in [0.15, 0.2) is 5.65 Å². The molecule has 0 saturated heterocycles. The summed E-state index contributed by atoms with van der Waals surface area (Å²) in [7, 11) is 3.76. The van der Waals surface area contributed by atoms with Gasteiger partial charge in [-0.1, -0.05) is 0 Å². The topological polar surface area (TPSA) is 91.8 Å². The van der Waals surface area contributed by atoms with E-state index in [1.807, 2.05) is 19.0 Å². The molecule has 0 amide bonds. The number of nitrogens with zero attached hydrogens (tertiary/aromatic N) is 4. The number of aromatic nitrogens is 3. The van der Waals surface area contributed by atoms with E-state index in [1.165, 1.54) is 0 Å². The first-order valence-electron chi connectivity index (χ1n) is 4.73. The molecule has 0 aliphatic carbocycles. The van der Waals surface area contributed by atoms with Crippen molar-refractivity contribution in [2.24, 2.45) is 5.73 Å². The number of hydrogen-bond donors (Lipinski definition) is 2. The molecule has 0 bridgehead atoms. The zero-order chi connectivity index (χ0) is 11.7. The molecular formula is C10H12N6. The summed E-state index contributed by atoms with van der Waals surface area (Å²) in [5.74, 6) is 0.652. The molecule has 2 aromatic rings. The zero-order valence-corrected chi connectivity index (χ0v) is 9.10. The average Bonchev–Trinajstić information content (AvgIpc) is 2.27. The normalized spacial score (nSPS) is 10.4. The molecule has 2 aromatic heterocycles. The smallest absolute Gasteiger partial charge is 0.180 e. The maximum absolute atomic E-state index is 7.31. The largest absolute Gasteiger partial charge is 0.382 e. The first-order chi connectivity index (χ1) is 7.58. The number of pyridine rings is 1. The summed E-state index contributed by atoms with van der Waals surface area (Å²) >= 11 is 0. The molecule has 0 spiro atoms. The lowest BCUT2D eigenvalue weighted by Gasteiger charge is -2.10. The van der Waals surface area contributed by atoms with Crippen molar-refractivity contribution in [3.63, 3.8) is 0 Å². The molecule has 2 rings (SSSR count). The van der Waals surface area contributed by atoms with Gasteiger partial charge in [-0.05, 0) is 12.1 Å². The highest BCUT2D eigenvalue weighted by atomic mass is 15.2. The van der Waals surface area contributed by atoms with E-state index in [4.69, 9.17) is 11.1 Å². The minimum absolute atomic E-state index is 0.0704. The summed E-state index contributed by atoms with van der Waals surface area (Å²) in [5, 5.41) is 7.31. The van der Waals surface area contributed by atoms with Crippen molar-refractivity contribution in [3.05, 3.63) is 24.0 Å². The van der Waals surface area contributed by atoms with Crippen molar-refractivity contribution >= 4 is 22.8 Å². The molecular weight excluding hydrogens is 204 g/mol. The van der Waals surface area contributed by atoms with E-state index in [2.05, 4.69) is 15.0 Å². The van der Waals surface area contributed by atoms with E-state index >= 15 is 0 Å². The molecule has 2 heterocycles. The molecule has 16 heavy (non-hydrogen) atoms. The molecule has 0 aliphatic rings. The Morgan fingerprint density at radius 1 is 1.31 bits per heavy atom. The van der Waals surface area contributed by atoms with Crippen molar-refractivity contribution in [2.45, 2.75) is 0 Å². The van der Waals surface area contributed by atoms with Crippen LogP contribution >= 0.6 is 0 Å². The van der Waals surface area contributed by atoms with E-state index in [1.54, 1.807) is 18.3 Å². The van der Waals surface area contributed by atoms with Crippen molar-refractivity contribution < 1.29 is 0 Å². The van der Waals surface area contributed by atoms with Gasteiger partial charge in [0.2, 0.25) is 0 Å². The summed E-state index contributed by atoms with van der Waals surface area (Å²) in [6.45, 7) is 0. The Morgan fingerprint density at radius 2 is 2.06 bits per heavy atom. The molecule has 6 heteroatoms. The summed E-state index contributed by atoms with van der Waals surface area (Å²) < 4.78 is 0. The van der Waals surface area contributed by atoms with Crippen LogP contribution in [-0.2, 0) is 0 Å². The quantitative estimate of drug-likeness (QED) is 0.559. The summed E-state index contributed by atoms with van der Waals surface area (Å²) in [5.41, 5.74) is 6.97. The highest BCUT2D eigenvalue weighted by Gasteiger charge is 2.05. The number of anilines is 1. The maximum Gasteiger partial charge on any atom is 0.180 e. The van der Waals surface area contributed by atoms with Crippen LogP contribution in [0.25, 0.3) is 11.2 Å². The number of hydrogen-bond acceptors (Lipinski definition) is 5. The predicted octanol–water partition coefficient (Wildman–Crippen LogP) is 0.375. The highest BCUT2D eigenvalue weighted by molar-refractivity contribution is 5.94. The van der Waals surface area contributed by atoms with Crippen molar-refractivity contribution in [1.29, 1.82) is 5.41 Å². The standard InChI is InChI=1S/C10H12N6/c1-16(2)8-5-13-7-4-3-6(9(11)12)14-10(7)15-8/h3-5H,1-2H3,(H3,11,12). The highest BCUT2D eigenvalue weighted by Crippen LogP contribution is 2.12. The summed E-state index contributed by atoms with van der Waals surface area (Å²) in [4.78, 5) is 14.6.